The molecule has 1 atom stereocenters. The summed E-state index contributed by atoms with van der Waals surface area (Å²) in [5.41, 5.74) is 1.37. The fourth-order valence-corrected chi connectivity index (χ4v) is 7.17. The van der Waals surface area contributed by atoms with E-state index in [4.69, 9.17) is 25.8 Å². The fraction of sp³-hybridized carbons (Fsp3) is 0.543. The molecule has 2 aliphatic heterocycles. The van der Waals surface area contributed by atoms with Crippen molar-refractivity contribution < 1.29 is 28.2 Å². The molecule has 1 saturated heterocycles. The topological polar surface area (TPSA) is 123 Å². The molecule has 1 aromatic carbocycles. The Kier molecular flexibility index (Phi) is 9.33. The molecule has 1 unspecified atom stereocenters. The third kappa shape index (κ3) is 7.08. The number of amides is 2. The molecule has 4 heterocycles. The zero-order valence-corrected chi connectivity index (χ0v) is 29.8. The number of hydrogen-bond acceptors (Lipinski definition) is 10. The predicted octanol–water partition coefficient (Wildman–Crippen LogP) is 6.62. The second-order valence-electron chi connectivity index (χ2n) is 14.4. The lowest BCUT2D eigenvalue weighted by molar-refractivity contribution is -0.0357. The highest BCUT2D eigenvalue weighted by atomic mass is 35.5. The smallest absolute Gasteiger partial charge is 0.410 e. The molecule has 14 heteroatoms. The molecule has 2 amide bonds. The van der Waals surface area contributed by atoms with Crippen molar-refractivity contribution in [3.63, 3.8) is 0 Å². The number of anilines is 1. The van der Waals surface area contributed by atoms with Crippen molar-refractivity contribution in [2.24, 2.45) is 5.41 Å². The van der Waals surface area contributed by atoms with Gasteiger partial charge in [-0.05, 0) is 97.2 Å². The predicted molar refractivity (Wildman–Crippen MR) is 181 cm³/mol. The Bertz CT molecular complexity index is 1740. The highest BCUT2D eigenvalue weighted by molar-refractivity contribution is 6.28. The van der Waals surface area contributed by atoms with E-state index in [9.17, 15) is 14.0 Å². The molecule has 1 aliphatic carbocycles. The fourth-order valence-electron chi connectivity index (χ4n) is 7.05. The van der Waals surface area contributed by atoms with Crippen molar-refractivity contribution in [2.45, 2.75) is 91.5 Å². The Morgan fingerprint density at radius 2 is 1.88 bits per heavy atom. The Balaban J connectivity index is 1.13. The van der Waals surface area contributed by atoms with Crippen LogP contribution in [0, 0.1) is 11.2 Å². The van der Waals surface area contributed by atoms with E-state index >= 15 is 0 Å². The quantitative estimate of drug-likeness (QED) is 0.254. The first-order chi connectivity index (χ1) is 23.2. The Hall–Kier alpha value is -4.26. The number of pyridine rings is 1. The highest BCUT2D eigenvalue weighted by Gasteiger charge is 2.55. The summed E-state index contributed by atoms with van der Waals surface area (Å²) < 4.78 is 32.6. The number of halogens is 2. The van der Waals surface area contributed by atoms with Gasteiger partial charge in [-0.2, -0.15) is 4.98 Å². The van der Waals surface area contributed by atoms with Crippen molar-refractivity contribution in [3.05, 3.63) is 58.4 Å². The van der Waals surface area contributed by atoms with Crippen molar-refractivity contribution in [1.82, 2.24) is 30.0 Å². The summed E-state index contributed by atoms with van der Waals surface area (Å²) >= 11 is 6.17. The molecule has 3 aliphatic rings. The highest BCUT2D eigenvalue weighted by Crippen LogP contribution is 2.52. The van der Waals surface area contributed by atoms with Crippen LogP contribution in [0.5, 0.6) is 17.4 Å². The summed E-state index contributed by atoms with van der Waals surface area (Å²) in [4.78, 5) is 40.7. The van der Waals surface area contributed by atoms with Gasteiger partial charge in [0.15, 0.2) is 5.82 Å². The van der Waals surface area contributed by atoms with Gasteiger partial charge in [0, 0.05) is 55.8 Å². The molecule has 262 valence electrons. The van der Waals surface area contributed by atoms with E-state index in [1.165, 1.54) is 18.2 Å². The van der Waals surface area contributed by atoms with Crippen LogP contribution in [0.4, 0.5) is 15.0 Å². The van der Waals surface area contributed by atoms with Gasteiger partial charge in [0.25, 0.3) is 11.8 Å². The minimum absolute atomic E-state index is 0.00385. The first-order valence-corrected chi connectivity index (χ1v) is 17.1. The van der Waals surface area contributed by atoms with Gasteiger partial charge in [0.05, 0.1) is 17.3 Å². The Labute approximate surface area is 290 Å². The van der Waals surface area contributed by atoms with Crippen LogP contribution in [0.3, 0.4) is 0 Å². The Morgan fingerprint density at radius 1 is 1.14 bits per heavy atom. The molecule has 1 spiro atoms. The molecule has 2 aromatic heterocycles. The first-order valence-electron chi connectivity index (χ1n) is 16.7. The summed E-state index contributed by atoms with van der Waals surface area (Å²) in [6, 6.07) is 5.36. The monoisotopic (exact) mass is 695 g/mol. The summed E-state index contributed by atoms with van der Waals surface area (Å²) in [5.74, 6) is 0.462. The molecule has 3 aromatic rings. The lowest BCUT2D eigenvalue weighted by Crippen LogP contribution is -2.65. The van der Waals surface area contributed by atoms with Gasteiger partial charge in [-0.25, -0.2) is 9.18 Å². The maximum atomic E-state index is 14.3. The van der Waals surface area contributed by atoms with E-state index in [1.807, 2.05) is 59.4 Å². The van der Waals surface area contributed by atoms with Gasteiger partial charge in [0.1, 0.15) is 29.0 Å². The summed E-state index contributed by atoms with van der Waals surface area (Å²) in [6.07, 6.45) is 3.69. The van der Waals surface area contributed by atoms with Gasteiger partial charge >= 0.3 is 6.09 Å². The minimum Gasteiger partial charge on any atom is -0.490 e. The minimum atomic E-state index is -0.588. The molecule has 0 bridgehead atoms. The zero-order valence-electron chi connectivity index (χ0n) is 29.0. The number of rotatable bonds is 8. The van der Waals surface area contributed by atoms with E-state index in [0.717, 1.165) is 29.8 Å². The molecule has 12 nitrogen and oxygen atoms in total. The summed E-state index contributed by atoms with van der Waals surface area (Å²) in [5, 5.41) is 7.99. The summed E-state index contributed by atoms with van der Waals surface area (Å²) in [6.45, 7) is 15.5. The van der Waals surface area contributed by atoms with Crippen molar-refractivity contribution >= 4 is 29.4 Å². The third-order valence-corrected chi connectivity index (χ3v) is 9.48. The van der Waals surface area contributed by atoms with Crippen LogP contribution in [0.25, 0.3) is 0 Å². The van der Waals surface area contributed by atoms with Gasteiger partial charge in [-0.3, -0.25) is 9.78 Å². The largest absolute Gasteiger partial charge is 0.490 e. The number of fused-ring (bicyclic) bond motifs is 1. The van der Waals surface area contributed by atoms with Gasteiger partial charge in [0.2, 0.25) is 5.28 Å². The van der Waals surface area contributed by atoms with Gasteiger partial charge in [-0.1, -0.05) is 0 Å². The van der Waals surface area contributed by atoms with Crippen molar-refractivity contribution in [3.8, 4) is 17.4 Å². The van der Waals surface area contributed by atoms with Gasteiger partial charge < -0.3 is 28.9 Å². The second-order valence-corrected chi connectivity index (χ2v) is 14.7. The van der Waals surface area contributed by atoms with E-state index in [0.29, 0.717) is 38.4 Å². The number of ether oxygens (including phenoxy) is 3. The molecule has 6 rings (SSSR count). The number of carbonyl (C=O) groups is 2. The average molecular weight is 696 g/mol. The van der Waals surface area contributed by atoms with Crippen LogP contribution in [0.15, 0.2) is 30.5 Å². The zero-order chi connectivity index (χ0) is 35.2. The SMILES string of the molecule is CCN(C(=O)c1cc(F)ccc1Oc1nnc(Cl)nc1N1CC2(CC(Oc3ccnc4c3C(C)N(C(=O)OC(C)(C)C)CC4)C2)C1)C(C)C. The molecule has 1 saturated carbocycles. The average Bonchev–Trinajstić information content (AvgIpc) is 2.98. The maximum Gasteiger partial charge on any atom is 0.410 e. The molecule has 49 heavy (non-hydrogen) atoms. The number of benzene rings is 1. The van der Waals surface area contributed by atoms with Crippen molar-refractivity contribution in [2.75, 3.05) is 31.1 Å². The Morgan fingerprint density at radius 3 is 2.55 bits per heavy atom. The lowest BCUT2D eigenvalue weighted by atomic mass is 9.61. The first kappa shape index (κ1) is 34.6. The summed E-state index contributed by atoms with van der Waals surface area (Å²) in [7, 11) is 0. The van der Waals surface area contributed by atoms with E-state index in [2.05, 4.69) is 20.2 Å². The molecular weight excluding hydrogens is 653 g/mol. The number of nitrogens with zero attached hydrogens (tertiary/aromatic N) is 7. The standard InChI is InChI=1S/C35H43ClFN7O5/c1-8-43(20(2)3)31(45)24-15-22(37)9-10-26(24)48-30-29(39-32(36)41-40-30)42-18-35(19-42)16-23(17-35)47-27-11-13-38-25-12-14-44(21(4)28(25)27)33(46)49-34(5,6)7/h9-11,13,15,20-21,23H,8,12,14,16-19H2,1-7H3. The molecule has 0 radical (unpaired) electrons. The number of hydrogen-bond donors (Lipinski definition) is 0. The van der Waals surface area contributed by atoms with E-state index in [1.54, 1.807) is 16.0 Å². The van der Waals surface area contributed by atoms with Crippen LogP contribution >= 0.6 is 11.6 Å². The number of aromatic nitrogens is 4. The van der Waals surface area contributed by atoms with E-state index < -0.39 is 11.4 Å². The van der Waals surface area contributed by atoms with Gasteiger partial charge in [-0.15, -0.1) is 10.2 Å². The van der Waals surface area contributed by atoms with Crippen LogP contribution < -0.4 is 14.4 Å². The van der Waals surface area contributed by atoms with Crippen LogP contribution in [-0.2, 0) is 11.2 Å². The van der Waals surface area contributed by atoms with Crippen LogP contribution in [-0.4, -0.2) is 85.9 Å². The second kappa shape index (κ2) is 13.2. The maximum absolute atomic E-state index is 14.3. The van der Waals surface area contributed by atoms with E-state index in [-0.39, 0.29) is 58.1 Å². The van der Waals surface area contributed by atoms with Crippen molar-refractivity contribution in [1.29, 1.82) is 0 Å². The molecular formula is C35H43ClFN7O5. The lowest BCUT2D eigenvalue weighted by Gasteiger charge is -2.58. The molecule has 0 N–H and O–H groups in total. The normalized spacial score (nSPS) is 18.4. The molecule has 2 fully saturated rings. The third-order valence-electron chi connectivity index (χ3n) is 9.32. The number of carbonyl (C=O) groups excluding carboxylic acids is 2. The van der Waals surface area contributed by atoms with Crippen LogP contribution in [0.1, 0.15) is 89.0 Å². The van der Waals surface area contributed by atoms with Crippen LogP contribution in [0.2, 0.25) is 5.28 Å².